The molecular formula is C14H28ClN3. The predicted molar refractivity (Wildman–Crippen MR) is 80.4 cm³/mol. The lowest BCUT2D eigenvalue weighted by Gasteiger charge is -2.07. The Morgan fingerprint density at radius 3 is 2.61 bits per heavy atom. The van der Waals surface area contributed by atoms with E-state index in [2.05, 4.69) is 41.9 Å². The molecule has 0 aliphatic heterocycles. The van der Waals surface area contributed by atoms with E-state index in [9.17, 15) is 0 Å². The van der Waals surface area contributed by atoms with E-state index in [-0.39, 0.29) is 12.4 Å². The van der Waals surface area contributed by atoms with E-state index in [1.54, 1.807) is 0 Å². The molecule has 0 spiro atoms. The van der Waals surface area contributed by atoms with Crippen molar-refractivity contribution in [2.45, 2.75) is 66.0 Å². The first-order valence-electron chi connectivity index (χ1n) is 7.02. The van der Waals surface area contributed by atoms with Crippen molar-refractivity contribution >= 4 is 12.4 Å². The maximum atomic E-state index is 4.51. The highest BCUT2D eigenvalue weighted by Gasteiger charge is 2.03. The lowest BCUT2D eigenvalue weighted by molar-refractivity contribution is 0.536. The predicted octanol–water partition coefficient (Wildman–Crippen LogP) is 3.69. The standard InChI is InChI=1S/C14H27N3.ClH/c1-4-6-7-8-9-15-12-14-11-13(3)16-17(14)10-5-2;/h11,15H,4-10,12H2,1-3H3;1H. The van der Waals surface area contributed by atoms with Crippen molar-refractivity contribution in [3.05, 3.63) is 17.5 Å². The Morgan fingerprint density at radius 2 is 1.94 bits per heavy atom. The number of unbranched alkanes of at least 4 members (excludes halogenated alkanes) is 3. The minimum atomic E-state index is 0. The summed E-state index contributed by atoms with van der Waals surface area (Å²) < 4.78 is 2.13. The summed E-state index contributed by atoms with van der Waals surface area (Å²) in [6.07, 6.45) is 6.44. The molecule has 1 aromatic heterocycles. The largest absolute Gasteiger partial charge is 0.311 e. The van der Waals surface area contributed by atoms with Gasteiger partial charge in [0.15, 0.2) is 0 Å². The fourth-order valence-corrected chi connectivity index (χ4v) is 2.04. The summed E-state index contributed by atoms with van der Waals surface area (Å²) in [5.74, 6) is 0. The van der Waals surface area contributed by atoms with E-state index in [1.165, 1.54) is 31.4 Å². The maximum Gasteiger partial charge on any atom is 0.0597 e. The lowest BCUT2D eigenvalue weighted by Crippen LogP contribution is -2.18. The van der Waals surface area contributed by atoms with E-state index >= 15 is 0 Å². The van der Waals surface area contributed by atoms with Gasteiger partial charge in [0.05, 0.1) is 11.4 Å². The number of aryl methyl sites for hydroxylation is 2. The van der Waals surface area contributed by atoms with Crippen LogP contribution in [-0.4, -0.2) is 16.3 Å². The molecule has 0 amide bonds. The normalized spacial score (nSPS) is 10.4. The van der Waals surface area contributed by atoms with Crippen LogP contribution >= 0.6 is 12.4 Å². The average molecular weight is 274 g/mol. The van der Waals surface area contributed by atoms with Crippen LogP contribution in [0.1, 0.15) is 57.3 Å². The van der Waals surface area contributed by atoms with Crippen molar-refractivity contribution in [2.75, 3.05) is 6.54 Å². The molecule has 0 unspecified atom stereocenters. The second-order valence-electron chi connectivity index (χ2n) is 4.74. The number of hydrogen-bond donors (Lipinski definition) is 1. The number of nitrogens with zero attached hydrogens (tertiary/aromatic N) is 2. The summed E-state index contributed by atoms with van der Waals surface area (Å²) in [5.41, 5.74) is 2.45. The van der Waals surface area contributed by atoms with Crippen LogP contribution in [-0.2, 0) is 13.1 Å². The quantitative estimate of drug-likeness (QED) is 0.696. The van der Waals surface area contributed by atoms with Gasteiger partial charge in [-0.25, -0.2) is 0 Å². The summed E-state index contributed by atoms with van der Waals surface area (Å²) in [5, 5.41) is 8.02. The van der Waals surface area contributed by atoms with Crippen LogP contribution in [0.2, 0.25) is 0 Å². The summed E-state index contributed by atoms with van der Waals surface area (Å²) in [4.78, 5) is 0. The zero-order valence-corrected chi connectivity index (χ0v) is 12.9. The van der Waals surface area contributed by atoms with Gasteiger partial charge in [-0.15, -0.1) is 12.4 Å². The van der Waals surface area contributed by atoms with Crippen molar-refractivity contribution in [1.29, 1.82) is 0 Å². The molecule has 0 aliphatic carbocycles. The fraction of sp³-hybridized carbons (Fsp3) is 0.786. The van der Waals surface area contributed by atoms with E-state index in [1.807, 2.05) is 0 Å². The van der Waals surface area contributed by atoms with Crippen LogP contribution in [0.4, 0.5) is 0 Å². The third-order valence-corrected chi connectivity index (χ3v) is 2.93. The van der Waals surface area contributed by atoms with Gasteiger partial charge < -0.3 is 5.32 Å². The van der Waals surface area contributed by atoms with Crippen LogP contribution in [0.5, 0.6) is 0 Å². The molecule has 3 nitrogen and oxygen atoms in total. The van der Waals surface area contributed by atoms with Crippen molar-refractivity contribution in [3.63, 3.8) is 0 Å². The molecule has 0 atom stereocenters. The van der Waals surface area contributed by atoms with Gasteiger partial charge in [0.25, 0.3) is 0 Å². The van der Waals surface area contributed by atoms with Gasteiger partial charge in [-0.05, 0) is 32.4 Å². The smallest absolute Gasteiger partial charge is 0.0597 e. The Balaban J connectivity index is 0.00000289. The molecular weight excluding hydrogens is 246 g/mol. The minimum Gasteiger partial charge on any atom is -0.311 e. The van der Waals surface area contributed by atoms with Crippen molar-refractivity contribution < 1.29 is 0 Å². The highest BCUT2D eigenvalue weighted by atomic mass is 35.5. The molecule has 4 heteroatoms. The Kier molecular flexibility index (Phi) is 10.1. The highest BCUT2D eigenvalue weighted by Crippen LogP contribution is 2.05. The van der Waals surface area contributed by atoms with Crippen molar-refractivity contribution in [1.82, 2.24) is 15.1 Å². The average Bonchev–Trinajstić information content (AvgIpc) is 2.65. The number of halogens is 1. The van der Waals surface area contributed by atoms with Crippen molar-refractivity contribution in [3.8, 4) is 0 Å². The zero-order chi connectivity index (χ0) is 12.5. The number of aromatic nitrogens is 2. The molecule has 106 valence electrons. The Hall–Kier alpha value is -0.540. The third-order valence-electron chi connectivity index (χ3n) is 2.93. The molecule has 1 heterocycles. The van der Waals surface area contributed by atoms with Crippen LogP contribution in [0.15, 0.2) is 6.07 Å². The van der Waals surface area contributed by atoms with Gasteiger partial charge in [-0.3, -0.25) is 4.68 Å². The number of hydrogen-bond acceptors (Lipinski definition) is 2. The van der Waals surface area contributed by atoms with Gasteiger partial charge in [-0.1, -0.05) is 33.1 Å². The first-order chi connectivity index (χ1) is 8.27. The van der Waals surface area contributed by atoms with Crippen LogP contribution in [0.3, 0.4) is 0 Å². The van der Waals surface area contributed by atoms with E-state index in [4.69, 9.17) is 0 Å². The number of nitrogens with one attached hydrogen (secondary N) is 1. The minimum absolute atomic E-state index is 0. The molecule has 0 saturated heterocycles. The summed E-state index contributed by atoms with van der Waals surface area (Å²) in [6.45, 7) is 9.61. The Morgan fingerprint density at radius 1 is 1.17 bits per heavy atom. The van der Waals surface area contributed by atoms with Crippen LogP contribution < -0.4 is 5.32 Å². The summed E-state index contributed by atoms with van der Waals surface area (Å²) >= 11 is 0. The molecule has 0 aliphatic rings. The molecule has 1 aromatic rings. The second-order valence-corrected chi connectivity index (χ2v) is 4.74. The summed E-state index contributed by atoms with van der Waals surface area (Å²) in [7, 11) is 0. The van der Waals surface area contributed by atoms with Crippen LogP contribution in [0.25, 0.3) is 0 Å². The van der Waals surface area contributed by atoms with Crippen molar-refractivity contribution in [2.24, 2.45) is 0 Å². The Bertz CT molecular complexity index is 310. The summed E-state index contributed by atoms with van der Waals surface area (Å²) in [6, 6.07) is 2.19. The maximum absolute atomic E-state index is 4.51. The highest BCUT2D eigenvalue weighted by molar-refractivity contribution is 5.85. The molecule has 0 aromatic carbocycles. The lowest BCUT2D eigenvalue weighted by atomic mass is 10.2. The molecule has 1 N–H and O–H groups in total. The van der Waals surface area contributed by atoms with E-state index < -0.39 is 0 Å². The SMILES string of the molecule is CCCCCCNCc1cc(C)nn1CCC.Cl. The first-order valence-corrected chi connectivity index (χ1v) is 7.02. The van der Waals surface area contributed by atoms with Gasteiger partial charge in [0.1, 0.15) is 0 Å². The Labute approximate surface area is 118 Å². The fourth-order valence-electron chi connectivity index (χ4n) is 2.04. The van der Waals surface area contributed by atoms with Gasteiger partial charge in [0.2, 0.25) is 0 Å². The number of rotatable bonds is 9. The molecule has 0 fully saturated rings. The molecule has 18 heavy (non-hydrogen) atoms. The topological polar surface area (TPSA) is 29.9 Å². The van der Waals surface area contributed by atoms with E-state index in [0.717, 1.165) is 31.7 Å². The zero-order valence-electron chi connectivity index (χ0n) is 12.0. The molecule has 0 radical (unpaired) electrons. The van der Waals surface area contributed by atoms with Gasteiger partial charge in [-0.2, -0.15) is 5.10 Å². The monoisotopic (exact) mass is 273 g/mol. The third kappa shape index (κ3) is 6.41. The van der Waals surface area contributed by atoms with Gasteiger partial charge in [0, 0.05) is 13.1 Å². The van der Waals surface area contributed by atoms with E-state index in [0.29, 0.717) is 0 Å². The van der Waals surface area contributed by atoms with Crippen LogP contribution in [0, 0.1) is 6.92 Å². The molecule has 0 bridgehead atoms. The molecule has 1 rings (SSSR count). The second kappa shape index (κ2) is 10.4. The first kappa shape index (κ1) is 17.5. The molecule has 0 saturated carbocycles. The van der Waals surface area contributed by atoms with Gasteiger partial charge >= 0.3 is 0 Å².